The van der Waals surface area contributed by atoms with Crippen LogP contribution in [0.5, 0.6) is 0 Å². The molecule has 120 valence electrons. The van der Waals surface area contributed by atoms with Gasteiger partial charge in [-0.25, -0.2) is 0 Å². The number of hydrogen-bond acceptors (Lipinski definition) is 3. The summed E-state index contributed by atoms with van der Waals surface area (Å²) in [4.78, 5) is 27.2. The molecule has 1 saturated heterocycles. The predicted octanol–water partition coefficient (Wildman–Crippen LogP) is 1.85. The van der Waals surface area contributed by atoms with E-state index in [-0.39, 0.29) is 17.9 Å². The summed E-state index contributed by atoms with van der Waals surface area (Å²) in [6.45, 7) is 5.88. The molecular weight excluding hydrogens is 268 g/mol. The van der Waals surface area contributed by atoms with Crippen LogP contribution in [0.15, 0.2) is 0 Å². The lowest BCUT2D eigenvalue weighted by atomic mass is 9.78. The van der Waals surface area contributed by atoms with Crippen LogP contribution < -0.4 is 5.32 Å². The van der Waals surface area contributed by atoms with Gasteiger partial charge in [-0.3, -0.25) is 9.59 Å². The molecule has 0 bridgehead atoms. The van der Waals surface area contributed by atoms with Crippen molar-refractivity contribution in [3.05, 3.63) is 0 Å². The van der Waals surface area contributed by atoms with E-state index in [1.165, 1.54) is 0 Å². The first-order valence-electron chi connectivity index (χ1n) is 8.35. The van der Waals surface area contributed by atoms with Crippen molar-refractivity contribution in [1.29, 1.82) is 0 Å². The van der Waals surface area contributed by atoms with E-state index >= 15 is 0 Å². The van der Waals surface area contributed by atoms with E-state index in [9.17, 15) is 9.59 Å². The highest BCUT2D eigenvalue weighted by Gasteiger charge is 2.50. The van der Waals surface area contributed by atoms with Gasteiger partial charge in [0.05, 0.1) is 0 Å². The fourth-order valence-corrected chi connectivity index (χ4v) is 3.57. The van der Waals surface area contributed by atoms with Crippen LogP contribution in [0.2, 0.25) is 0 Å². The summed E-state index contributed by atoms with van der Waals surface area (Å²) >= 11 is 0. The van der Waals surface area contributed by atoms with E-state index in [1.807, 2.05) is 18.7 Å². The third kappa shape index (κ3) is 3.39. The largest absolute Gasteiger partial charge is 0.382 e. The lowest BCUT2D eigenvalue weighted by Gasteiger charge is -2.47. The number of rotatable bonds is 6. The summed E-state index contributed by atoms with van der Waals surface area (Å²) in [5.74, 6) is 0.153. The van der Waals surface area contributed by atoms with Crippen molar-refractivity contribution in [2.45, 2.75) is 70.4 Å². The van der Waals surface area contributed by atoms with Gasteiger partial charge in [0.2, 0.25) is 11.8 Å². The number of ether oxygens (including phenoxy) is 1. The zero-order valence-electron chi connectivity index (χ0n) is 13.3. The summed E-state index contributed by atoms with van der Waals surface area (Å²) in [6, 6.07) is -0.313. The maximum atomic E-state index is 13.0. The Balaban J connectivity index is 2.08. The highest BCUT2D eigenvalue weighted by atomic mass is 16.5. The SMILES string of the molecule is CCOCCCN1C(=O)C2(CCCCC2)NC(=O)C1CC. The molecule has 0 radical (unpaired) electrons. The highest BCUT2D eigenvalue weighted by molar-refractivity contribution is 5.99. The third-order valence-electron chi connectivity index (χ3n) is 4.70. The maximum absolute atomic E-state index is 13.0. The smallest absolute Gasteiger partial charge is 0.249 e. The molecule has 1 unspecified atom stereocenters. The number of piperazine rings is 1. The van der Waals surface area contributed by atoms with Gasteiger partial charge in [-0.2, -0.15) is 0 Å². The van der Waals surface area contributed by atoms with E-state index < -0.39 is 5.54 Å². The van der Waals surface area contributed by atoms with Crippen LogP contribution in [-0.2, 0) is 14.3 Å². The Morgan fingerprint density at radius 2 is 1.95 bits per heavy atom. The Bertz CT molecular complexity index is 378. The first-order chi connectivity index (χ1) is 10.1. The average molecular weight is 296 g/mol. The second-order valence-electron chi connectivity index (χ2n) is 6.11. The van der Waals surface area contributed by atoms with Crippen molar-refractivity contribution in [3.8, 4) is 0 Å². The minimum atomic E-state index is -0.618. The zero-order valence-corrected chi connectivity index (χ0v) is 13.3. The van der Waals surface area contributed by atoms with E-state index in [1.54, 1.807) is 0 Å². The van der Waals surface area contributed by atoms with Crippen LogP contribution in [0.25, 0.3) is 0 Å². The lowest BCUT2D eigenvalue weighted by Crippen LogP contribution is -2.70. The average Bonchev–Trinajstić information content (AvgIpc) is 2.49. The molecule has 5 heteroatoms. The van der Waals surface area contributed by atoms with Crippen LogP contribution in [-0.4, -0.2) is 48.1 Å². The molecular formula is C16H28N2O3. The fraction of sp³-hybridized carbons (Fsp3) is 0.875. The Hall–Kier alpha value is -1.10. The Morgan fingerprint density at radius 3 is 2.57 bits per heavy atom. The van der Waals surface area contributed by atoms with Crippen LogP contribution in [0.1, 0.15) is 58.8 Å². The number of hydrogen-bond donors (Lipinski definition) is 1. The second kappa shape index (κ2) is 7.25. The van der Waals surface area contributed by atoms with Gasteiger partial charge in [0.25, 0.3) is 0 Å². The van der Waals surface area contributed by atoms with Crippen LogP contribution >= 0.6 is 0 Å². The molecule has 1 aliphatic heterocycles. The number of nitrogens with one attached hydrogen (secondary N) is 1. The van der Waals surface area contributed by atoms with Gasteiger partial charge in [0.15, 0.2) is 0 Å². The van der Waals surface area contributed by atoms with Gasteiger partial charge in [-0.15, -0.1) is 0 Å². The number of carbonyl (C=O) groups is 2. The second-order valence-corrected chi connectivity index (χ2v) is 6.11. The first kappa shape index (κ1) is 16.3. The number of carbonyl (C=O) groups excluding carboxylic acids is 2. The van der Waals surface area contributed by atoms with Gasteiger partial charge in [-0.1, -0.05) is 26.2 Å². The van der Waals surface area contributed by atoms with Crippen molar-refractivity contribution in [3.63, 3.8) is 0 Å². The Morgan fingerprint density at radius 1 is 1.24 bits per heavy atom. The van der Waals surface area contributed by atoms with Crippen molar-refractivity contribution >= 4 is 11.8 Å². The van der Waals surface area contributed by atoms with Crippen molar-refractivity contribution in [2.24, 2.45) is 0 Å². The van der Waals surface area contributed by atoms with Crippen molar-refractivity contribution in [2.75, 3.05) is 19.8 Å². The van der Waals surface area contributed by atoms with Crippen LogP contribution in [0.3, 0.4) is 0 Å². The molecule has 21 heavy (non-hydrogen) atoms. The molecule has 1 saturated carbocycles. The minimum absolute atomic E-state index is 0.0235. The number of nitrogens with zero attached hydrogens (tertiary/aromatic N) is 1. The molecule has 0 aromatic rings. The van der Waals surface area contributed by atoms with Crippen molar-refractivity contribution in [1.82, 2.24) is 10.2 Å². The van der Waals surface area contributed by atoms with E-state index in [0.29, 0.717) is 26.2 Å². The van der Waals surface area contributed by atoms with Gasteiger partial charge in [-0.05, 0) is 32.6 Å². The zero-order chi connectivity index (χ0) is 15.3. The monoisotopic (exact) mass is 296 g/mol. The topological polar surface area (TPSA) is 58.6 Å². The highest BCUT2D eigenvalue weighted by Crippen LogP contribution is 2.33. The summed E-state index contributed by atoms with van der Waals surface area (Å²) in [5, 5.41) is 3.05. The van der Waals surface area contributed by atoms with Gasteiger partial charge in [0, 0.05) is 19.8 Å². The molecule has 2 rings (SSSR count). The molecule has 2 amide bonds. The standard InChI is InChI=1S/C16H28N2O3/c1-3-13-14(19)17-16(9-6-5-7-10-16)15(20)18(13)11-8-12-21-4-2/h13H,3-12H2,1-2H3,(H,17,19). The third-order valence-corrected chi connectivity index (χ3v) is 4.70. The summed E-state index contributed by atoms with van der Waals surface area (Å²) in [6.07, 6.45) is 6.24. The molecule has 0 aromatic carbocycles. The van der Waals surface area contributed by atoms with E-state index in [4.69, 9.17) is 4.74 Å². The summed E-state index contributed by atoms with van der Waals surface area (Å²) in [5.41, 5.74) is -0.618. The van der Waals surface area contributed by atoms with Crippen LogP contribution in [0.4, 0.5) is 0 Å². The lowest BCUT2D eigenvalue weighted by molar-refractivity contribution is -0.157. The van der Waals surface area contributed by atoms with E-state index in [2.05, 4.69) is 5.32 Å². The fourth-order valence-electron chi connectivity index (χ4n) is 3.57. The summed E-state index contributed by atoms with van der Waals surface area (Å²) < 4.78 is 5.35. The molecule has 5 nitrogen and oxygen atoms in total. The Kier molecular flexibility index (Phi) is 5.62. The maximum Gasteiger partial charge on any atom is 0.249 e. The quantitative estimate of drug-likeness (QED) is 0.761. The van der Waals surface area contributed by atoms with Crippen molar-refractivity contribution < 1.29 is 14.3 Å². The normalized spacial score (nSPS) is 25.2. The minimum Gasteiger partial charge on any atom is -0.382 e. The molecule has 2 aliphatic rings. The molecule has 0 aromatic heterocycles. The predicted molar refractivity (Wildman–Crippen MR) is 80.9 cm³/mol. The van der Waals surface area contributed by atoms with Crippen LogP contribution in [0, 0.1) is 0 Å². The molecule has 2 fully saturated rings. The molecule has 1 N–H and O–H groups in total. The molecule has 1 spiro atoms. The summed E-state index contributed by atoms with van der Waals surface area (Å²) in [7, 11) is 0. The molecule has 1 heterocycles. The first-order valence-corrected chi connectivity index (χ1v) is 8.35. The number of amides is 2. The Labute approximate surface area is 127 Å². The van der Waals surface area contributed by atoms with Gasteiger partial charge < -0.3 is 15.0 Å². The van der Waals surface area contributed by atoms with Gasteiger partial charge >= 0.3 is 0 Å². The molecule has 1 atom stereocenters. The molecule has 1 aliphatic carbocycles. The van der Waals surface area contributed by atoms with E-state index in [0.717, 1.165) is 38.5 Å². The van der Waals surface area contributed by atoms with Gasteiger partial charge in [0.1, 0.15) is 11.6 Å².